The van der Waals surface area contributed by atoms with Gasteiger partial charge in [-0.3, -0.25) is 4.68 Å². The summed E-state index contributed by atoms with van der Waals surface area (Å²) in [5.41, 5.74) is 1.95. The van der Waals surface area contributed by atoms with Crippen molar-refractivity contribution in [1.82, 2.24) is 15.1 Å². The molecule has 5 heteroatoms. The van der Waals surface area contributed by atoms with Crippen molar-refractivity contribution in [1.29, 1.82) is 0 Å². The maximum absolute atomic E-state index is 6.28. The summed E-state index contributed by atoms with van der Waals surface area (Å²) in [6, 6.07) is 4.69. The normalized spacial score (nSPS) is 12.8. The van der Waals surface area contributed by atoms with Crippen LogP contribution >= 0.6 is 22.9 Å². The van der Waals surface area contributed by atoms with E-state index in [0.717, 1.165) is 35.8 Å². The number of hydrogen-bond donors (Lipinski definition) is 1. The molecule has 2 heterocycles. The highest BCUT2D eigenvalue weighted by molar-refractivity contribution is 7.10. The van der Waals surface area contributed by atoms with E-state index in [0.29, 0.717) is 6.04 Å². The van der Waals surface area contributed by atoms with Crippen molar-refractivity contribution in [3.8, 4) is 0 Å². The van der Waals surface area contributed by atoms with Gasteiger partial charge in [0.2, 0.25) is 0 Å². The van der Waals surface area contributed by atoms with Crippen molar-refractivity contribution in [2.24, 2.45) is 7.05 Å². The third-order valence-electron chi connectivity index (χ3n) is 3.24. The Morgan fingerprint density at radius 3 is 2.84 bits per heavy atom. The van der Waals surface area contributed by atoms with E-state index >= 15 is 0 Å². The molecule has 19 heavy (non-hydrogen) atoms. The van der Waals surface area contributed by atoms with Crippen molar-refractivity contribution in [3.05, 3.63) is 38.8 Å². The second-order valence-electron chi connectivity index (χ2n) is 4.71. The number of halogens is 1. The summed E-state index contributed by atoms with van der Waals surface area (Å²) < 4.78 is 1.86. The summed E-state index contributed by atoms with van der Waals surface area (Å²) in [5, 5.41) is 10.8. The van der Waals surface area contributed by atoms with E-state index < -0.39 is 0 Å². The van der Waals surface area contributed by atoms with E-state index in [1.807, 2.05) is 18.7 Å². The Bertz CT molecular complexity index is 519. The van der Waals surface area contributed by atoms with Gasteiger partial charge in [0, 0.05) is 24.5 Å². The molecule has 0 saturated heterocycles. The molecule has 0 radical (unpaired) electrons. The zero-order valence-corrected chi connectivity index (χ0v) is 13.2. The van der Waals surface area contributed by atoms with Gasteiger partial charge in [0.15, 0.2) is 0 Å². The van der Waals surface area contributed by atoms with E-state index in [9.17, 15) is 0 Å². The van der Waals surface area contributed by atoms with Gasteiger partial charge in [-0.15, -0.1) is 11.3 Å². The van der Waals surface area contributed by atoms with Gasteiger partial charge in [0.25, 0.3) is 0 Å². The third-order valence-corrected chi connectivity index (χ3v) is 4.72. The Morgan fingerprint density at radius 1 is 1.53 bits per heavy atom. The largest absolute Gasteiger partial charge is 0.304 e. The molecular formula is C14H20ClN3S. The molecule has 0 spiro atoms. The molecule has 0 aliphatic carbocycles. The van der Waals surface area contributed by atoms with Crippen LogP contribution in [0.4, 0.5) is 0 Å². The number of aromatic nitrogens is 2. The maximum atomic E-state index is 6.28. The van der Waals surface area contributed by atoms with Crippen LogP contribution in [0.5, 0.6) is 0 Å². The van der Waals surface area contributed by atoms with E-state index in [2.05, 4.69) is 34.9 Å². The lowest BCUT2D eigenvalue weighted by Crippen LogP contribution is -2.21. The fourth-order valence-corrected chi connectivity index (χ4v) is 3.28. The summed E-state index contributed by atoms with van der Waals surface area (Å²) in [6.07, 6.45) is 2.29. The highest BCUT2D eigenvalue weighted by Gasteiger charge is 2.15. The standard InChI is InChI=1S/C14H20ClN3S/c1-4-6-11(13-7-5-8-19-13)16-9-12-14(15)10(2)17-18(12)3/h5,7-8,11,16H,4,6,9H2,1-3H3. The van der Waals surface area contributed by atoms with Crippen molar-refractivity contribution in [2.75, 3.05) is 0 Å². The maximum Gasteiger partial charge on any atom is 0.0860 e. The Labute approximate surface area is 123 Å². The van der Waals surface area contributed by atoms with Gasteiger partial charge in [-0.05, 0) is 24.8 Å². The molecule has 0 bridgehead atoms. The molecule has 1 unspecified atom stereocenters. The first-order chi connectivity index (χ1) is 9.13. The van der Waals surface area contributed by atoms with E-state index in [1.165, 1.54) is 4.88 Å². The summed E-state index contributed by atoms with van der Waals surface area (Å²) in [7, 11) is 1.94. The fraction of sp³-hybridized carbons (Fsp3) is 0.500. The van der Waals surface area contributed by atoms with Crippen molar-refractivity contribution in [2.45, 2.75) is 39.3 Å². The Kier molecular flexibility index (Phi) is 5.02. The zero-order valence-electron chi connectivity index (χ0n) is 11.6. The lowest BCUT2D eigenvalue weighted by Gasteiger charge is -2.17. The first-order valence-electron chi connectivity index (χ1n) is 6.58. The second kappa shape index (κ2) is 6.55. The Balaban J connectivity index is 2.07. The van der Waals surface area contributed by atoms with Crippen LogP contribution in [0.15, 0.2) is 17.5 Å². The second-order valence-corrected chi connectivity index (χ2v) is 6.06. The van der Waals surface area contributed by atoms with Gasteiger partial charge in [-0.2, -0.15) is 5.10 Å². The molecule has 104 valence electrons. The van der Waals surface area contributed by atoms with Gasteiger partial charge in [-0.1, -0.05) is 31.0 Å². The zero-order chi connectivity index (χ0) is 13.8. The molecule has 1 N–H and O–H groups in total. The highest BCUT2D eigenvalue weighted by Crippen LogP contribution is 2.25. The van der Waals surface area contributed by atoms with E-state index in [1.54, 1.807) is 11.3 Å². The lowest BCUT2D eigenvalue weighted by atomic mass is 10.1. The van der Waals surface area contributed by atoms with Crippen LogP contribution in [0.1, 0.15) is 42.1 Å². The minimum Gasteiger partial charge on any atom is -0.304 e. The molecule has 2 rings (SSSR count). The number of nitrogens with zero attached hydrogens (tertiary/aromatic N) is 2. The molecule has 2 aromatic rings. The van der Waals surface area contributed by atoms with E-state index in [4.69, 9.17) is 11.6 Å². The Morgan fingerprint density at radius 2 is 2.32 bits per heavy atom. The number of thiophene rings is 1. The molecule has 0 saturated carbocycles. The lowest BCUT2D eigenvalue weighted by molar-refractivity contribution is 0.487. The minimum atomic E-state index is 0.399. The van der Waals surface area contributed by atoms with Crippen LogP contribution in [-0.2, 0) is 13.6 Å². The van der Waals surface area contributed by atoms with Gasteiger partial charge in [0.1, 0.15) is 0 Å². The quantitative estimate of drug-likeness (QED) is 0.871. The number of nitrogens with one attached hydrogen (secondary N) is 1. The third kappa shape index (κ3) is 3.38. The highest BCUT2D eigenvalue weighted by atomic mass is 35.5. The van der Waals surface area contributed by atoms with Gasteiger partial charge in [0.05, 0.1) is 16.4 Å². The van der Waals surface area contributed by atoms with Crippen LogP contribution < -0.4 is 5.32 Å². The average Bonchev–Trinajstić information content (AvgIpc) is 2.97. The van der Waals surface area contributed by atoms with Crippen molar-refractivity contribution < 1.29 is 0 Å². The Hall–Kier alpha value is -0.840. The molecule has 3 nitrogen and oxygen atoms in total. The minimum absolute atomic E-state index is 0.399. The number of rotatable bonds is 6. The van der Waals surface area contributed by atoms with Gasteiger partial charge < -0.3 is 5.32 Å². The van der Waals surface area contributed by atoms with Crippen molar-refractivity contribution >= 4 is 22.9 Å². The topological polar surface area (TPSA) is 29.9 Å². The van der Waals surface area contributed by atoms with Crippen molar-refractivity contribution in [3.63, 3.8) is 0 Å². The first-order valence-corrected chi connectivity index (χ1v) is 7.84. The van der Waals surface area contributed by atoms with Crippen LogP contribution in [0, 0.1) is 6.92 Å². The van der Waals surface area contributed by atoms with Crippen LogP contribution in [0.25, 0.3) is 0 Å². The summed E-state index contributed by atoms with van der Waals surface area (Å²) in [5.74, 6) is 0. The molecule has 0 aliphatic rings. The monoisotopic (exact) mass is 297 g/mol. The molecule has 0 aromatic carbocycles. The van der Waals surface area contributed by atoms with Crippen LogP contribution in [0.3, 0.4) is 0 Å². The smallest absolute Gasteiger partial charge is 0.0860 e. The predicted molar refractivity (Wildman–Crippen MR) is 81.8 cm³/mol. The predicted octanol–water partition coefficient (Wildman–Crippen LogP) is 4.07. The number of hydrogen-bond acceptors (Lipinski definition) is 3. The number of aryl methyl sites for hydroxylation is 2. The van der Waals surface area contributed by atoms with Gasteiger partial charge in [-0.25, -0.2) is 0 Å². The molecular weight excluding hydrogens is 278 g/mol. The molecule has 1 atom stereocenters. The SMILES string of the molecule is CCCC(NCc1c(Cl)c(C)nn1C)c1cccs1. The summed E-state index contributed by atoms with van der Waals surface area (Å²) in [4.78, 5) is 1.39. The van der Waals surface area contributed by atoms with Crippen LogP contribution in [0.2, 0.25) is 5.02 Å². The molecule has 0 aliphatic heterocycles. The molecule has 2 aromatic heterocycles. The first kappa shape index (κ1) is 14.6. The van der Waals surface area contributed by atoms with Gasteiger partial charge >= 0.3 is 0 Å². The van der Waals surface area contributed by atoms with E-state index in [-0.39, 0.29) is 0 Å². The summed E-state index contributed by atoms with van der Waals surface area (Å²) >= 11 is 8.08. The van der Waals surface area contributed by atoms with Crippen LogP contribution in [-0.4, -0.2) is 9.78 Å². The molecule has 0 fully saturated rings. The molecule has 0 amide bonds. The average molecular weight is 298 g/mol. The fourth-order valence-electron chi connectivity index (χ4n) is 2.22. The summed E-state index contributed by atoms with van der Waals surface area (Å²) in [6.45, 7) is 4.90.